The molecule has 0 saturated carbocycles. The quantitative estimate of drug-likeness (QED) is 0.614. The van der Waals surface area contributed by atoms with Crippen LogP contribution in [0.25, 0.3) is 0 Å². The number of hydrogen-bond donors (Lipinski definition) is 3. The molecule has 10 heteroatoms. The van der Waals surface area contributed by atoms with E-state index in [9.17, 15) is 19.2 Å². The number of benzene rings is 1. The molecule has 3 heterocycles. The van der Waals surface area contributed by atoms with Crippen LogP contribution >= 0.6 is 11.3 Å². The molecular formula is C21H22N4O5S. The lowest BCUT2D eigenvalue weighted by molar-refractivity contribution is -0.136. The Kier molecular flexibility index (Phi) is 5.64. The number of piperidine rings is 1. The number of anilines is 1. The summed E-state index contributed by atoms with van der Waals surface area (Å²) in [6, 6.07) is 4.36. The second-order valence-corrected chi connectivity index (χ2v) is 8.41. The number of nitrogens with zero attached hydrogens (tertiary/aromatic N) is 1. The Morgan fingerprint density at radius 2 is 2.13 bits per heavy atom. The molecular weight excluding hydrogens is 420 g/mol. The predicted molar refractivity (Wildman–Crippen MR) is 114 cm³/mol. The third-order valence-corrected chi connectivity index (χ3v) is 6.49. The Morgan fingerprint density at radius 1 is 1.32 bits per heavy atom. The highest BCUT2D eigenvalue weighted by atomic mass is 32.1. The fraction of sp³-hybridized carbons (Fsp3) is 0.333. The zero-order valence-electron chi connectivity index (χ0n) is 17.1. The van der Waals surface area contributed by atoms with E-state index in [1.54, 1.807) is 24.6 Å². The monoisotopic (exact) mass is 442 g/mol. The molecule has 162 valence electrons. The molecule has 2 aromatic rings. The normalized spacial score (nSPS) is 17.9. The fourth-order valence-electron chi connectivity index (χ4n) is 3.79. The van der Waals surface area contributed by atoms with Crippen molar-refractivity contribution in [3.63, 3.8) is 0 Å². The summed E-state index contributed by atoms with van der Waals surface area (Å²) >= 11 is 1.40. The van der Waals surface area contributed by atoms with Gasteiger partial charge in [0.05, 0.1) is 19.2 Å². The van der Waals surface area contributed by atoms with E-state index in [-0.39, 0.29) is 37.4 Å². The first-order valence-corrected chi connectivity index (χ1v) is 10.7. The van der Waals surface area contributed by atoms with Crippen LogP contribution in [0.4, 0.5) is 10.5 Å². The zero-order valence-corrected chi connectivity index (χ0v) is 17.9. The van der Waals surface area contributed by atoms with Gasteiger partial charge in [0.1, 0.15) is 11.8 Å². The number of thiophene rings is 1. The summed E-state index contributed by atoms with van der Waals surface area (Å²) in [5.74, 6) is -0.292. The minimum Gasteiger partial charge on any atom is -0.496 e. The molecule has 1 aromatic carbocycles. The molecule has 2 aliphatic rings. The van der Waals surface area contributed by atoms with Crippen LogP contribution in [-0.4, -0.2) is 41.8 Å². The molecule has 2 aliphatic heterocycles. The van der Waals surface area contributed by atoms with Gasteiger partial charge >= 0.3 is 6.03 Å². The third kappa shape index (κ3) is 4.11. The molecule has 1 unspecified atom stereocenters. The van der Waals surface area contributed by atoms with E-state index in [0.717, 1.165) is 16.0 Å². The van der Waals surface area contributed by atoms with Gasteiger partial charge in [-0.25, -0.2) is 4.79 Å². The molecule has 31 heavy (non-hydrogen) atoms. The lowest BCUT2D eigenvalue weighted by atomic mass is 10.0. The Bertz CT molecular complexity index is 1080. The maximum atomic E-state index is 12.8. The molecule has 1 aromatic heterocycles. The van der Waals surface area contributed by atoms with Crippen LogP contribution in [-0.2, 0) is 22.7 Å². The second kappa shape index (κ2) is 8.38. The van der Waals surface area contributed by atoms with Gasteiger partial charge in [0.25, 0.3) is 5.91 Å². The molecule has 0 spiro atoms. The second-order valence-electron chi connectivity index (χ2n) is 7.44. The average molecular weight is 442 g/mol. The summed E-state index contributed by atoms with van der Waals surface area (Å²) in [4.78, 5) is 51.0. The van der Waals surface area contributed by atoms with Gasteiger partial charge < -0.3 is 20.3 Å². The first-order valence-electron chi connectivity index (χ1n) is 9.80. The van der Waals surface area contributed by atoms with Crippen molar-refractivity contribution in [2.75, 3.05) is 12.4 Å². The molecule has 0 aliphatic carbocycles. The van der Waals surface area contributed by atoms with Crippen molar-refractivity contribution in [2.45, 2.75) is 38.9 Å². The molecule has 1 saturated heterocycles. The van der Waals surface area contributed by atoms with Crippen LogP contribution in [0.1, 0.15) is 39.2 Å². The topological polar surface area (TPSA) is 117 Å². The maximum Gasteiger partial charge on any atom is 0.319 e. The molecule has 3 N–H and O–H groups in total. The number of nitrogens with one attached hydrogen (secondary N) is 3. The van der Waals surface area contributed by atoms with Gasteiger partial charge in [-0.2, -0.15) is 0 Å². The van der Waals surface area contributed by atoms with E-state index in [1.807, 2.05) is 13.0 Å². The number of urea groups is 1. The van der Waals surface area contributed by atoms with Gasteiger partial charge in [-0.15, -0.1) is 11.3 Å². The zero-order chi connectivity index (χ0) is 22.1. The van der Waals surface area contributed by atoms with Gasteiger partial charge in [0, 0.05) is 35.0 Å². The first kappa shape index (κ1) is 20.9. The Hall–Kier alpha value is -3.40. The molecule has 0 bridgehead atoms. The smallest absolute Gasteiger partial charge is 0.319 e. The summed E-state index contributed by atoms with van der Waals surface area (Å²) in [6.45, 7) is 2.46. The standard InChI is InChI=1S/C21H22N4O5S/c1-11-3-4-12(7-16(11)30-2)23-21(29)22-8-17-13-9-25(20(28)14(13)10-31-17)15-5-6-18(26)24-19(15)27/h3-4,7,10,15H,5-6,8-9H2,1-2H3,(H2,22,23,29)(H,24,26,27). The number of hydrogen-bond acceptors (Lipinski definition) is 6. The highest BCUT2D eigenvalue weighted by Gasteiger charge is 2.40. The Balaban J connectivity index is 1.39. The average Bonchev–Trinajstić information content (AvgIpc) is 3.28. The molecule has 5 amide bonds. The van der Waals surface area contributed by atoms with Crippen LogP contribution in [0.3, 0.4) is 0 Å². The summed E-state index contributed by atoms with van der Waals surface area (Å²) in [6.07, 6.45) is 0.533. The number of methoxy groups -OCH3 is 1. The molecule has 1 fully saturated rings. The molecule has 1 atom stereocenters. The van der Waals surface area contributed by atoms with Gasteiger partial charge in [-0.3, -0.25) is 19.7 Å². The number of aryl methyl sites for hydroxylation is 1. The highest BCUT2D eigenvalue weighted by Crippen LogP contribution is 2.33. The lowest BCUT2D eigenvalue weighted by Crippen LogP contribution is -2.52. The van der Waals surface area contributed by atoms with Gasteiger partial charge in [-0.05, 0) is 30.5 Å². The van der Waals surface area contributed by atoms with E-state index in [0.29, 0.717) is 23.4 Å². The van der Waals surface area contributed by atoms with Crippen molar-refractivity contribution in [3.05, 3.63) is 45.1 Å². The molecule has 9 nitrogen and oxygen atoms in total. The number of ether oxygens (including phenoxy) is 1. The van der Waals surface area contributed by atoms with Crippen LogP contribution in [0, 0.1) is 6.92 Å². The predicted octanol–water partition coefficient (Wildman–Crippen LogP) is 2.15. The number of carbonyl (C=O) groups excluding carboxylic acids is 4. The van der Waals surface area contributed by atoms with Crippen LogP contribution < -0.4 is 20.7 Å². The largest absolute Gasteiger partial charge is 0.496 e. The van der Waals surface area contributed by atoms with Crippen molar-refractivity contribution >= 4 is 40.8 Å². The molecule has 4 rings (SSSR count). The number of fused-ring (bicyclic) bond motifs is 1. The van der Waals surface area contributed by atoms with Gasteiger partial charge in [-0.1, -0.05) is 6.07 Å². The van der Waals surface area contributed by atoms with E-state index >= 15 is 0 Å². The van der Waals surface area contributed by atoms with E-state index < -0.39 is 11.9 Å². The van der Waals surface area contributed by atoms with E-state index in [1.165, 1.54) is 16.2 Å². The van der Waals surface area contributed by atoms with Crippen LogP contribution in [0.2, 0.25) is 0 Å². The number of carbonyl (C=O) groups is 4. The third-order valence-electron chi connectivity index (χ3n) is 5.46. The minimum atomic E-state index is -0.650. The SMILES string of the molecule is COc1cc(NC(=O)NCc2scc3c2CN(C2CCC(=O)NC2=O)C3=O)ccc1C. The van der Waals surface area contributed by atoms with E-state index in [2.05, 4.69) is 16.0 Å². The van der Waals surface area contributed by atoms with Gasteiger partial charge in [0.15, 0.2) is 0 Å². The Labute approximate surface area is 182 Å². The van der Waals surface area contributed by atoms with E-state index in [4.69, 9.17) is 4.74 Å². The maximum absolute atomic E-state index is 12.8. The summed E-state index contributed by atoms with van der Waals surface area (Å²) in [5, 5.41) is 9.62. The number of rotatable bonds is 5. The van der Waals surface area contributed by atoms with Gasteiger partial charge in [0.2, 0.25) is 11.8 Å². The lowest BCUT2D eigenvalue weighted by Gasteiger charge is -2.29. The van der Waals surface area contributed by atoms with Crippen LogP contribution in [0.15, 0.2) is 23.6 Å². The first-order chi connectivity index (χ1) is 14.9. The summed E-state index contributed by atoms with van der Waals surface area (Å²) in [5.41, 5.74) is 2.94. The fourth-order valence-corrected chi connectivity index (χ4v) is 4.76. The molecule has 0 radical (unpaired) electrons. The van der Waals surface area contributed by atoms with Crippen LogP contribution in [0.5, 0.6) is 5.75 Å². The van der Waals surface area contributed by atoms with Crippen molar-refractivity contribution in [1.82, 2.24) is 15.5 Å². The van der Waals surface area contributed by atoms with Crippen molar-refractivity contribution < 1.29 is 23.9 Å². The summed E-state index contributed by atoms with van der Waals surface area (Å²) < 4.78 is 5.27. The van der Waals surface area contributed by atoms with Crippen molar-refractivity contribution in [1.29, 1.82) is 0 Å². The van der Waals surface area contributed by atoms with Crippen molar-refractivity contribution in [3.8, 4) is 5.75 Å². The summed E-state index contributed by atoms with van der Waals surface area (Å²) in [7, 11) is 1.57. The minimum absolute atomic E-state index is 0.214. The van der Waals surface area contributed by atoms with Crippen molar-refractivity contribution in [2.24, 2.45) is 0 Å². The number of imide groups is 1. The Morgan fingerprint density at radius 3 is 2.87 bits per heavy atom. The highest BCUT2D eigenvalue weighted by molar-refractivity contribution is 7.10. The number of amides is 5.